The number of nitrogens with zero attached hydrogens (tertiary/aromatic N) is 4. The average Bonchev–Trinajstić information content (AvgIpc) is 3.27. The summed E-state index contributed by atoms with van der Waals surface area (Å²) < 4.78 is 6.71. The Kier molecular flexibility index (Phi) is 6.64. The Bertz CT molecular complexity index is 887. The van der Waals surface area contributed by atoms with Crippen LogP contribution in [0.4, 0.5) is 9.59 Å². The Morgan fingerprint density at radius 3 is 2.77 bits per heavy atom. The number of hydroxylamine groups is 2. The molecular weight excluding hydrogens is 404 g/mol. The van der Waals surface area contributed by atoms with E-state index in [4.69, 9.17) is 9.57 Å². The topological polar surface area (TPSA) is 118 Å². The Hall–Kier alpha value is -3.34. The van der Waals surface area contributed by atoms with Crippen LogP contribution in [0.3, 0.4) is 0 Å². The molecule has 1 atom stereocenters. The van der Waals surface area contributed by atoms with E-state index < -0.39 is 11.7 Å². The molecule has 3 rings (SSSR count). The van der Waals surface area contributed by atoms with Crippen molar-refractivity contribution in [2.75, 3.05) is 32.8 Å². The molecule has 2 bridgehead atoms. The molecule has 168 valence electrons. The fourth-order valence-electron chi connectivity index (χ4n) is 3.17. The zero-order valence-corrected chi connectivity index (χ0v) is 18.0. The molecule has 1 fully saturated rings. The minimum Gasteiger partial charge on any atom is -0.444 e. The van der Waals surface area contributed by atoms with Gasteiger partial charge in [-0.1, -0.05) is 6.08 Å². The van der Waals surface area contributed by atoms with Gasteiger partial charge in [0, 0.05) is 25.8 Å². The van der Waals surface area contributed by atoms with Crippen LogP contribution in [-0.4, -0.2) is 82.2 Å². The number of alkyl carbamates (subject to hydrolysis) is 1. The third kappa shape index (κ3) is 5.63. The van der Waals surface area contributed by atoms with Crippen LogP contribution in [0.5, 0.6) is 0 Å². The van der Waals surface area contributed by atoms with Crippen molar-refractivity contribution in [3.63, 3.8) is 0 Å². The average molecular weight is 432 g/mol. The summed E-state index contributed by atoms with van der Waals surface area (Å²) >= 11 is 0. The summed E-state index contributed by atoms with van der Waals surface area (Å²) in [5.41, 5.74) is 0.572. The maximum absolute atomic E-state index is 12.4. The Morgan fingerprint density at radius 1 is 1.32 bits per heavy atom. The molecular formula is C20H28N6O5. The van der Waals surface area contributed by atoms with Crippen LogP contribution in [0.25, 0.3) is 5.70 Å². The summed E-state index contributed by atoms with van der Waals surface area (Å²) in [5, 5.41) is 10.9. The number of hydrogen-bond donors (Lipinski definition) is 2. The van der Waals surface area contributed by atoms with Crippen LogP contribution in [0.15, 0.2) is 31.1 Å². The molecule has 4 amide bonds. The second-order valence-electron chi connectivity index (χ2n) is 8.16. The zero-order valence-electron chi connectivity index (χ0n) is 18.0. The Morgan fingerprint density at radius 2 is 2.06 bits per heavy atom. The molecule has 2 aliphatic heterocycles. The summed E-state index contributed by atoms with van der Waals surface area (Å²) in [7, 11) is 0. The van der Waals surface area contributed by atoms with E-state index in [1.54, 1.807) is 42.6 Å². The van der Waals surface area contributed by atoms with Crippen LogP contribution >= 0.6 is 0 Å². The molecule has 0 spiro atoms. The van der Waals surface area contributed by atoms with Crippen LogP contribution in [-0.2, 0) is 9.57 Å². The predicted octanol–water partition coefficient (Wildman–Crippen LogP) is 1.22. The van der Waals surface area contributed by atoms with Crippen molar-refractivity contribution in [1.29, 1.82) is 0 Å². The maximum atomic E-state index is 12.4. The Balaban J connectivity index is 1.52. The lowest BCUT2D eigenvalue weighted by Crippen LogP contribution is -2.37. The van der Waals surface area contributed by atoms with E-state index in [9.17, 15) is 14.4 Å². The van der Waals surface area contributed by atoms with Gasteiger partial charge in [-0.15, -0.1) is 6.58 Å². The highest BCUT2D eigenvalue weighted by Crippen LogP contribution is 2.26. The molecule has 0 aromatic carbocycles. The number of hydrogen-bond acceptors (Lipinski definition) is 6. The SMILES string of the molecule is C=CCON1C(=O)N2CC(n3cc(C(=O)NCCNC(=O)OC(C)(C)C)cn3)=CC1C2. The molecule has 0 saturated carbocycles. The molecule has 11 heteroatoms. The standard InChI is InChI=1S/C20H28N6O5/c1-5-8-30-26-16-9-15(12-24(13-16)19(26)29)25-11-14(10-23-25)17(27)21-6-7-22-18(28)31-20(2,3)4/h5,9-11,16H,1,6-8,12-13H2,2-4H3,(H,21,27)(H,22,28). The molecule has 1 unspecified atom stereocenters. The molecule has 11 nitrogen and oxygen atoms in total. The highest BCUT2D eigenvalue weighted by Gasteiger charge is 2.41. The van der Waals surface area contributed by atoms with E-state index >= 15 is 0 Å². The number of carbonyl (C=O) groups excluding carboxylic acids is 3. The van der Waals surface area contributed by atoms with Crippen molar-refractivity contribution in [2.24, 2.45) is 0 Å². The largest absolute Gasteiger partial charge is 0.444 e. The van der Waals surface area contributed by atoms with E-state index in [0.29, 0.717) is 18.7 Å². The van der Waals surface area contributed by atoms with E-state index in [0.717, 1.165) is 5.70 Å². The first kappa shape index (κ1) is 22.3. The van der Waals surface area contributed by atoms with Gasteiger partial charge in [-0.3, -0.25) is 9.63 Å². The number of aromatic nitrogens is 2. The van der Waals surface area contributed by atoms with Gasteiger partial charge in [-0.05, 0) is 26.8 Å². The summed E-state index contributed by atoms with van der Waals surface area (Å²) in [6, 6.07) is -0.433. The van der Waals surface area contributed by atoms with Gasteiger partial charge in [-0.2, -0.15) is 10.2 Å². The van der Waals surface area contributed by atoms with Crippen molar-refractivity contribution in [1.82, 2.24) is 30.4 Å². The number of carbonyl (C=O) groups is 3. The van der Waals surface area contributed by atoms with Crippen molar-refractivity contribution >= 4 is 23.7 Å². The summed E-state index contributed by atoms with van der Waals surface area (Å²) in [4.78, 5) is 43.4. The second-order valence-corrected chi connectivity index (χ2v) is 8.16. The number of nitrogens with one attached hydrogen (secondary N) is 2. The van der Waals surface area contributed by atoms with Crippen molar-refractivity contribution in [3.05, 3.63) is 36.7 Å². The first-order valence-corrected chi connectivity index (χ1v) is 10.0. The minimum absolute atomic E-state index is 0.208. The molecule has 0 radical (unpaired) electrons. The predicted molar refractivity (Wildman–Crippen MR) is 112 cm³/mol. The van der Waals surface area contributed by atoms with Gasteiger partial charge in [0.05, 0.1) is 36.7 Å². The summed E-state index contributed by atoms with van der Waals surface area (Å²) in [6.45, 7) is 10.5. The van der Waals surface area contributed by atoms with Gasteiger partial charge in [0.25, 0.3) is 5.91 Å². The van der Waals surface area contributed by atoms with Crippen LogP contribution in [0.2, 0.25) is 0 Å². The lowest BCUT2D eigenvalue weighted by atomic mass is 10.2. The third-order valence-corrected chi connectivity index (χ3v) is 4.45. The first-order valence-electron chi connectivity index (χ1n) is 10.0. The summed E-state index contributed by atoms with van der Waals surface area (Å²) in [6.07, 6.45) is 6.01. The Labute approximate surface area is 180 Å². The molecule has 1 saturated heterocycles. The number of ether oxygens (including phenoxy) is 1. The monoisotopic (exact) mass is 432 g/mol. The molecule has 0 aliphatic carbocycles. The quantitative estimate of drug-likeness (QED) is 0.471. The molecule has 31 heavy (non-hydrogen) atoms. The van der Waals surface area contributed by atoms with E-state index in [1.165, 1.54) is 11.3 Å². The van der Waals surface area contributed by atoms with Crippen LogP contribution in [0, 0.1) is 0 Å². The number of amides is 4. The lowest BCUT2D eigenvalue weighted by molar-refractivity contribution is -0.107. The maximum Gasteiger partial charge on any atom is 0.407 e. The van der Waals surface area contributed by atoms with Gasteiger partial charge in [0.15, 0.2) is 0 Å². The van der Waals surface area contributed by atoms with Gasteiger partial charge in [-0.25, -0.2) is 14.3 Å². The van der Waals surface area contributed by atoms with E-state index in [1.807, 2.05) is 6.08 Å². The fourth-order valence-corrected chi connectivity index (χ4v) is 3.17. The fraction of sp³-hybridized carbons (Fsp3) is 0.500. The molecule has 3 heterocycles. The van der Waals surface area contributed by atoms with E-state index in [2.05, 4.69) is 22.3 Å². The molecule has 1 aromatic rings. The van der Waals surface area contributed by atoms with E-state index in [-0.39, 0.29) is 37.7 Å². The van der Waals surface area contributed by atoms with Crippen molar-refractivity contribution in [2.45, 2.75) is 32.4 Å². The smallest absolute Gasteiger partial charge is 0.407 e. The van der Waals surface area contributed by atoms with Gasteiger partial charge in [0.1, 0.15) is 5.60 Å². The van der Waals surface area contributed by atoms with Gasteiger partial charge < -0.3 is 20.3 Å². The number of rotatable bonds is 8. The second kappa shape index (κ2) is 9.21. The lowest BCUT2D eigenvalue weighted by Gasteiger charge is -2.21. The molecule has 2 N–H and O–H groups in total. The highest BCUT2D eigenvalue weighted by atomic mass is 16.7. The van der Waals surface area contributed by atoms with Crippen molar-refractivity contribution < 1.29 is 24.0 Å². The van der Waals surface area contributed by atoms with Crippen molar-refractivity contribution in [3.8, 4) is 0 Å². The molecule has 1 aromatic heterocycles. The zero-order chi connectivity index (χ0) is 22.6. The van der Waals surface area contributed by atoms with Gasteiger partial charge >= 0.3 is 12.1 Å². The highest BCUT2D eigenvalue weighted by molar-refractivity contribution is 5.94. The minimum atomic E-state index is -0.578. The summed E-state index contributed by atoms with van der Waals surface area (Å²) in [5.74, 6) is -0.316. The first-order chi connectivity index (χ1) is 14.7. The number of urea groups is 1. The number of fused-ring (bicyclic) bond motifs is 2. The van der Waals surface area contributed by atoms with Crippen LogP contribution in [0.1, 0.15) is 31.1 Å². The molecule has 2 aliphatic rings. The van der Waals surface area contributed by atoms with Crippen LogP contribution < -0.4 is 10.6 Å². The third-order valence-electron chi connectivity index (χ3n) is 4.45. The van der Waals surface area contributed by atoms with Gasteiger partial charge in [0.2, 0.25) is 0 Å². The normalized spacial score (nSPS) is 18.0.